The van der Waals surface area contributed by atoms with E-state index in [1.54, 1.807) is 36.7 Å². The highest BCUT2D eigenvalue weighted by Gasteiger charge is 2.29. The second-order valence-electron chi connectivity index (χ2n) is 8.49. The first kappa shape index (κ1) is 27.7. The second kappa shape index (κ2) is 11.2. The van der Waals surface area contributed by atoms with Crippen LogP contribution in [0.3, 0.4) is 0 Å². The van der Waals surface area contributed by atoms with Crippen molar-refractivity contribution >= 4 is 71.5 Å². The maximum atomic E-state index is 12.6. The molecule has 1 aliphatic carbocycles. The molecule has 0 aliphatic heterocycles. The van der Waals surface area contributed by atoms with E-state index in [0.717, 1.165) is 34.6 Å². The summed E-state index contributed by atoms with van der Waals surface area (Å²) in [5.74, 6) is -4.78. The fourth-order valence-electron chi connectivity index (χ4n) is 4.13. The summed E-state index contributed by atoms with van der Waals surface area (Å²) in [5.41, 5.74) is 2.12. The molecule has 0 saturated heterocycles. The molecule has 1 aliphatic rings. The molecule has 11 nitrogen and oxygen atoms in total. The third-order valence-electron chi connectivity index (χ3n) is 5.80. The number of anilines is 1. The number of methoxy groups -OCH3 is 1. The Hall–Kier alpha value is -3.36. The van der Waals surface area contributed by atoms with Crippen LogP contribution in [0.1, 0.15) is 44.5 Å². The lowest BCUT2D eigenvalue weighted by Crippen LogP contribution is -2.28. The number of nitrogens with one attached hydrogen (secondary N) is 1. The molecule has 4 rings (SSSR count). The van der Waals surface area contributed by atoms with Crippen LogP contribution in [0, 0.1) is 0 Å². The van der Waals surface area contributed by atoms with Crippen molar-refractivity contribution in [1.29, 1.82) is 0 Å². The van der Waals surface area contributed by atoms with Gasteiger partial charge in [0.15, 0.2) is 14.6 Å². The number of hydrogen-bond donors (Lipinski definition) is 1. The molecule has 0 bridgehead atoms. The summed E-state index contributed by atoms with van der Waals surface area (Å²) in [6.45, 7) is 1.94. The minimum atomic E-state index is -4.15. The molecule has 38 heavy (non-hydrogen) atoms. The summed E-state index contributed by atoms with van der Waals surface area (Å²) in [6, 6.07) is 4.90. The molecule has 0 saturated carbocycles. The number of benzene rings is 1. The van der Waals surface area contributed by atoms with E-state index in [1.807, 2.05) is 0 Å². The van der Waals surface area contributed by atoms with E-state index in [0.29, 0.717) is 22.2 Å². The second-order valence-corrected chi connectivity index (χ2v) is 12.7. The highest BCUT2D eigenvalue weighted by Crippen LogP contribution is 2.39. The molecule has 1 N–H and O–H groups in total. The van der Waals surface area contributed by atoms with Gasteiger partial charge in [-0.3, -0.25) is 9.59 Å². The summed E-state index contributed by atoms with van der Waals surface area (Å²) in [7, 11) is -1.25. The number of carbonyl (C=O) groups is 4. The quantitative estimate of drug-likeness (QED) is 0.399. The average molecular weight is 580 g/mol. The molecular formula is C24H25N3O8S3. The van der Waals surface area contributed by atoms with Gasteiger partial charge >= 0.3 is 11.9 Å². The summed E-state index contributed by atoms with van der Waals surface area (Å²) >= 11 is 2.34. The average Bonchev–Trinajstić information content (AvgIpc) is 3.51. The number of ether oxygens (including phenoxy) is 2. The van der Waals surface area contributed by atoms with E-state index < -0.39 is 45.1 Å². The zero-order chi connectivity index (χ0) is 27.6. The summed E-state index contributed by atoms with van der Waals surface area (Å²) in [4.78, 5) is 54.4. The van der Waals surface area contributed by atoms with Crippen LogP contribution >= 0.6 is 22.7 Å². The van der Waals surface area contributed by atoms with Crippen LogP contribution in [0.25, 0.3) is 10.2 Å². The van der Waals surface area contributed by atoms with Gasteiger partial charge in [-0.05, 0) is 49.9 Å². The zero-order valence-corrected chi connectivity index (χ0v) is 23.3. The Morgan fingerprint density at radius 2 is 1.87 bits per heavy atom. The molecule has 0 unspecified atom stereocenters. The van der Waals surface area contributed by atoms with Gasteiger partial charge in [-0.2, -0.15) is 4.99 Å². The van der Waals surface area contributed by atoms with E-state index in [9.17, 15) is 27.6 Å². The molecule has 2 amide bonds. The van der Waals surface area contributed by atoms with Crippen molar-refractivity contribution in [1.82, 2.24) is 4.57 Å². The number of fused-ring (bicyclic) bond motifs is 2. The molecule has 202 valence electrons. The van der Waals surface area contributed by atoms with Gasteiger partial charge in [-0.15, -0.1) is 11.3 Å². The van der Waals surface area contributed by atoms with Crippen molar-refractivity contribution < 1.29 is 37.1 Å². The minimum Gasteiger partial charge on any atom is -0.465 e. The van der Waals surface area contributed by atoms with Crippen molar-refractivity contribution in [2.24, 2.45) is 12.0 Å². The summed E-state index contributed by atoms with van der Waals surface area (Å²) in [6.07, 6.45) is 2.34. The molecule has 14 heteroatoms. The van der Waals surface area contributed by atoms with Crippen LogP contribution in [-0.4, -0.2) is 62.0 Å². The Balaban J connectivity index is 1.47. The van der Waals surface area contributed by atoms with Gasteiger partial charge in [-0.1, -0.05) is 11.3 Å². The number of esters is 2. The zero-order valence-electron chi connectivity index (χ0n) is 20.9. The Kier molecular flexibility index (Phi) is 8.13. The molecule has 0 spiro atoms. The monoisotopic (exact) mass is 579 g/mol. The van der Waals surface area contributed by atoms with Gasteiger partial charge in [0.2, 0.25) is 5.91 Å². The van der Waals surface area contributed by atoms with Crippen LogP contribution in [-0.2, 0) is 48.8 Å². The fourth-order valence-corrected chi connectivity index (χ4v) is 7.52. The largest absolute Gasteiger partial charge is 0.465 e. The third kappa shape index (κ3) is 5.87. The Bertz CT molecular complexity index is 1630. The van der Waals surface area contributed by atoms with E-state index in [1.165, 1.54) is 18.4 Å². The molecule has 3 aromatic rings. The van der Waals surface area contributed by atoms with Gasteiger partial charge in [0.05, 0.1) is 35.1 Å². The van der Waals surface area contributed by atoms with Crippen LogP contribution in [0.5, 0.6) is 0 Å². The van der Waals surface area contributed by atoms with Crippen LogP contribution < -0.4 is 10.1 Å². The summed E-state index contributed by atoms with van der Waals surface area (Å²) < 4.78 is 37.3. The van der Waals surface area contributed by atoms with E-state index >= 15 is 0 Å². The van der Waals surface area contributed by atoms with E-state index in [-0.39, 0.29) is 22.0 Å². The SMILES string of the molecule is CCOC(=O)c1ccc2c(c1)sc(=NC(=O)CS(=O)(=O)CC(=O)Nc1sc3c(c1C(=O)OC)CCC3)n2C. The maximum absolute atomic E-state index is 12.6. The number of nitrogens with zero attached hydrogens (tertiary/aromatic N) is 2. The van der Waals surface area contributed by atoms with Crippen molar-refractivity contribution in [3.8, 4) is 0 Å². The number of thiazole rings is 1. The molecular weight excluding hydrogens is 554 g/mol. The fraction of sp³-hybridized carbons (Fsp3) is 0.375. The first-order valence-electron chi connectivity index (χ1n) is 11.6. The predicted octanol–water partition coefficient (Wildman–Crippen LogP) is 2.23. The Labute approximate surface area is 226 Å². The normalized spacial score (nSPS) is 13.4. The molecule has 2 aromatic heterocycles. The number of amides is 2. The van der Waals surface area contributed by atoms with Gasteiger partial charge in [0.1, 0.15) is 16.5 Å². The first-order valence-corrected chi connectivity index (χ1v) is 15.1. The highest BCUT2D eigenvalue weighted by atomic mass is 32.2. The van der Waals surface area contributed by atoms with E-state index in [2.05, 4.69) is 10.3 Å². The van der Waals surface area contributed by atoms with Crippen LogP contribution in [0.4, 0.5) is 5.00 Å². The van der Waals surface area contributed by atoms with E-state index in [4.69, 9.17) is 9.47 Å². The van der Waals surface area contributed by atoms with Gasteiger partial charge in [0.25, 0.3) is 5.91 Å². The predicted molar refractivity (Wildman–Crippen MR) is 142 cm³/mol. The molecule has 0 atom stereocenters. The van der Waals surface area contributed by atoms with Crippen LogP contribution in [0.2, 0.25) is 0 Å². The van der Waals surface area contributed by atoms with Gasteiger partial charge in [-0.25, -0.2) is 18.0 Å². The van der Waals surface area contributed by atoms with Crippen LogP contribution in [0.15, 0.2) is 23.2 Å². The summed E-state index contributed by atoms with van der Waals surface area (Å²) in [5, 5.41) is 2.75. The highest BCUT2D eigenvalue weighted by molar-refractivity contribution is 7.92. The molecule has 0 fully saturated rings. The van der Waals surface area contributed by atoms with Crippen molar-refractivity contribution in [2.45, 2.75) is 26.2 Å². The number of rotatable bonds is 8. The smallest absolute Gasteiger partial charge is 0.341 e. The molecule has 1 aromatic carbocycles. The van der Waals surface area contributed by atoms with Gasteiger partial charge in [0, 0.05) is 11.9 Å². The number of thiophene rings is 1. The lowest BCUT2D eigenvalue weighted by Gasteiger charge is -2.07. The first-order chi connectivity index (χ1) is 18.0. The lowest BCUT2D eigenvalue weighted by atomic mass is 10.1. The van der Waals surface area contributed by atoms with Crippen molar-refractivity contribution in [2.75, 3.05) is 30.5 Å². The minimum absolute atomic E-state index is 0.235. The number of aromatic nitrogens is 1. The topological polar surface area (TPSA) is 150 Å². The lowest BCUT2D eigenvalue weighted by molar-refractivity contribution is -0.115. The standard InChI is InChI=1S/C24H25N3O8S3/c1-4-35-22(30)13-8-9-15-17(10-13)37-24(27(15)2)26-19(29)12-38(32,33)11-18(28)25-21-20(23(31)34-3)14-6-5-7-16(14)36-21/h8-10H,4-7,11-12H2,1-3H3,(H,25,28). The Morgan fingerprint density at radius 1 is 1.11 bits per heavy atom. The number of aryl methyl sites for hydroxylation is 2. The van der Waals surface area contributed by atoms with Gasteiger partial charge < -0.3 is 19.4 Å². The number of hydrogen-bond acceptors (Lipinski definition) is 10. The molecule has 2 heterocycles. The maximum Gasteiger partial charge on any atom is 0.341 e. The number of sulfone groups is 1. The molecule has 0 radical (unpaired) electrons. The Morgan fingerprint density at radius 3 is 2.58 bits per heavy atom. The van der Waals surface area contributed by atoms with Crippen molar-refractivity contribution in [3.05, 3.63) is 44.6 Å². The van der Waals surface area contributed by atoms with Crippen molar-refractivity contribution in [3.63, 3.8) is 0 Å². The number of carbonyl (C=O) groups excluding carboxylic acids is 4. The third-order valence-corrected chi connectivity index (χ3v) is 9.49.